The lowest BCUT2D eigenvalue weighted by Crippen LogP contribution is -2.43. The molecule has 1 aromatic rings. The Bertz CT molecular complexity index is 925. The first-order valence-corrected chi connectivity index (χ1v) is 10.8. The van der Waals surface area contributed by atoms with Crippen molar-refractivity contribution >= 4 is 22.3 Å². The van der Waals surface area contributed by atoms with Crippen molar-refractivity contribution in [2.24, 2.45) is 0 Å². The molecule has 30 heavy (non-hydrogen) atoms. The van der Waals surface area contributed by atoms with Crippen molar-refractivity contribution in [2.45, 2.75) is 58.1 Å². The van der Waals surface area contributed by atoms with Crippen LogP contribution in [0.3, 0.4) is 0 Å². The van der Waals surface area contributed by atoms with Gasteiger partial charge in [0.1, 0.15) is 17.1 Å². The summed E-state index contributed by atoms with van der Waals surface area (Å²) in [6, 6.07) is 2.89. The fourth-order valence-electron chi connectivity index (χ4n) is 3.13. The number of amides is 2. The number of carbonyl (C=O) groups is 2. The summed E-state index contributed by atoms with van der Waals surface area (Å²) in [5.74, 6) is 0. The first kappa shape index (κ1) is 23.7. The predicted octanol–water partition coefficient (Wildman–Crippen LogP) is 3.13. The van der Waals surface area contributed by atoms with Crippen molar-refractivity contribution in [1.82, 2.24) is 10.4 Å². The topological polar surface area (TPSA) is 111 Å². The van der Waals surface area contributed by atoms with Gasteiger partial charge in [0.15, 0.2) is 0 Å². The molecule has 0 saturated heterocycles. The quantitative estimate of drug-likeness (QED) is 0.553. The van der Waals surface area contributed by atoms with Crippen molar-refractivity contribution in [1.29, 1.82) is 0 Å². The van der Waals surface area contributed by atoms with Crippen molar-refractivity contribution in [3.63, 3.8) is 0 Å². The summed E-state index contributed by atoms with van der Waals surface area (Å²) in [5.41, 5.74) is 3.06. The third-order valence-electron chi connectivity index (χ3n) is 4.16. The van der Waals surface area contributed by atoms with Crippen LogP contribution in [0.5, 0.6) is 0 Å². The number of rotatable bonds is 5. The van der Waals surface area contributed by atoms with Gasteiger partial charge in [0.05, 0.1) is 6.04 Å². The second-order valence-corrected chi connectivity index (χ2v) is 9.58. The molecule has 1 aliphatic heterocycles. The van der Waals surface area contributed by atoms with Gasteiger partial charge >= 0.3 is 22.3 Å². The summed E-state index contributed by atoms with van der Waals surface area (Å²) < 4.78 is 39.9. The highest BCUT2D eigenvalue weighted by Gasteiger charge is 2.30. The van der Waals surface area contributed by atoms with Crippen LogP contribution >= 0.6 is 0 Å². The third kappa shape index (κ3) is 6.20. The van der Waals surface area contributed by atoms with E-state index < -0.39 is 33.9 Å². The van der Waals surface area contributed by atoms with Gasteiger partial charge in [0.25, 0.3) is 0 Å². The van der Waals surface area contributed by atoms with Gasteiger partial charge in [-0.2, -0.15) is 13.9 Å². The molecule has 1 heterocycles. The van der Waals surface area contributed by atoms with E-state index in [2.05, 4.69) is 4.28 Å². The molecular weight excluding hydrogens is 412 g/mol. The lowest BCUT2D eigenvalue weighted by atomic mass is 10.1. The maximum absolute atomic E-state index is 12.5. The summed E-state index contributed by atoms with van der Waals surface area (Å²) in [5, 5.41) is 0. The molecule has 2 rings (SSSR count). The van der Waals surface area contributed by atoms with E-state index in [1.807, 2.05) is 6.92 Å². The van der Waals surface area contributed by atoms with Gasteiger partial charge in [0.2, 0.25) is 0 Å². The van der Waals surface area contributed by atoms with Gasteiger partial charge < -0.3 is 9.47 Å². The average molecular weight is 441 g/mol. The van der Waals surface area contributed by atoms with Crippen molar-refractivity contribution < 1.29 is 31.8 Å². The first-order chi connectivity index (χ1) is 13.8. The molecule has 1 aliphatic rings. The Hall–Kier alpha value is -2.59. The molecule has 0 radical (unpaired) electrons. The number of hydroxylamine groups is 1. The van der Waals surface area contributed by atoms with Crippen molar-refractivity contribution in [3.8, 4) is 0 Å². The van der Waals surface area contributed by atoms with Gasteiger partial charge in [0, 0.05) is 6.54 Å². The molecule has 9 nitrogen and oxygen atoms in total. The first-order valence-electron chi connectivity index (χ1n) is 9.40. The highest BCUT2D eigenvalue weighted by atomic mass is 32.2. The van der Waals surface area contributed by atoms with Crippen molar-refractivity contribution in [2.75, 3.05) is 13.2 Å². The summed E-state index contributed by atoms with van der Waals surface area (Å²) in [6.45, 7) is 10.5. The molecule has 166 valence electrons. The smallest absolute Gasteiger partial charge is 0.432 e. The Morgan fingerprint density at radius 1 is 1.17 bits per heavy atom. The Morgan fingerprint density at radius 3 is 2.33 bits per heavy atom. The summed E-state index contributed by atoms with van der Waals surface area (Å²) in [7, 11) is -4.23. The molecule has 1 atom stereocenters. The highest BCUT2D eigenvalue weighted by molar-refractivity contribution is 7.86. The Morgan fingerprint density at radius 2 is 1.77 bits per heavy atom. The standard InChI is InChI=1S/C20H28N2O7S/c1-13-10-14(2)17(15(3)11-13)30(25,26)29-21-18(23)27-12-16-8-7-9-22(16)19(24)28-20(4,5)6/h7-8,10-11,16H,9,12H2,1-6H3,(H,21,23). The molecule has 1 unspecified atom stereocenters. The van der Waals surface area contributed by atoms with Gasteiger partial charge in [-0.15, -0.1) is 4.28 Å². The normalized spacial score (nSPS) is 16.5. The lowest BCUT2D eigenvalue weighted by molar-refractivity contribution is 0.0169. The van der Waals surface area contributed by atoms with Crippen LogP contribution < -0.4 is 5.48 Å². The maximum atomic E-state index is 12.5. The van der Waals surface area contributed by atoms with E-state index in [1.165, 1.54) is 4.90 Å². The molecular formula is C20H28N2O7S. The summed E-state index contributed by atoms with van der Waals surface area (Å²) in [4.78, 5) is 25.5. The van der Waals surface area contributed by atoms with Crippen LogP contribution in [0.1, 0.15) is 37.5 Å². The lowest BCUT2D eigenvalue weighted by Gasteiger charge is -2.28. The van der Waals surface area contributed by atoms with Crippen LogP contribution in [0.2, 0.25) is 0 Å². The second kappa shape index (κ2) is 9.05. The van der Waals surface area contributed by atoms with Gasteiger partial charge in [-0.3, -0.25) is 4.90 Å². The van der Waals surface area contributed by atoms with Crippen LogP contribution in [-0.2, 0) is 23.9 Å². The van der Waals surface area contributed by atoms with E-state index in [-0.39, 0.29) is 11.5 Å². The summed E-state index contributed by atoms with van der Waals surface area (Å²) in [6.07, 6.45) is 1.82. The van der Waals surface area contributed by atoms with E-state index in [0.29, 0.717) is 17.7 Å². The molecule has 10 heteroatoms. The van der Waals surface area contributed by atoms with Gasteiger partial charge in [-0.1, -0.05) is 29.8 Å². The maximum Gasteiger partial charge on any atom is 0.432 e. The number of nitrogens with one attached hydrogen (secondary N) is 1. The number of hydrogen-bond acceptors (Lipinski definition) is 7. The molecule has 0 aromatic heterocycles. The van der Waals surface area contributed by atoms with Crippen LogP contribution in [0.15, 0.2) is 29.2 Å². The molecule has 1 N–H and O–H groups in total. The van der Waals surface area contributed by atoms with Crippen LogP contribution in [0.4, 0.5) is 9.59 Å². The van der Waals surface area contributed by atoms with E-state index >= 15 is 0 Å². The largest absolute Gasteiger partial charge is 0.445 e. The Balaban J connectivity index is 1.92. The van der Waals surface area contributed by atoms with Gasteiger partial charge in [-0.25, -0.2) is 9.59 Å². The predicted molar refractivity (Wildman–Crippen MR) is 109 cm³/mol. The molecule has 0 aliphatic carbocycles. The molecule has 2 amide bonds. The minimum atomic E-state index is -4.23. The fourth-order valence-corrected chi connectivity index (χ4v) is 4.30. The zero-order valence-electron chi connectivity index (χ0n) is 18.0. The number of hydrogen-bond donors (Lipinski definition) is 1. The summed E-state index contributed by atoms with van der Waals surface area (Å²) >= 11 is 0. The van der Waals surface area contributed by atoms with E-state index in [9.17, 15) is 18.0 Å². The zero-order chi connectivity index (χ0) is 22.7. The number of carbonyl (C=O) groups excluding carboxylic acids is 2. The average Bonchev–Trinajstić information content (AvgIpc) is 3.04. The number of ether oxygens (including phenoxy) is 2. The van der Waals surface area contributed by atoms with Crippen LogP contribution in [-0.4, -0.2) is 50.3 Å². The SMILES string of the molecule is Cc1cc(C)c(S(=O)(=O)ONC(=O)OCC2C=CCN2C(=O)OC(C)(C)C)c(C)c1. The molecule has 0 fully saturated rings. The third-order valence-corrected chi connectivity index (χ3v) is 5.61. The minimum absolute atomic E-state index is 0.0109. The Labute approximate surface area is 177 Å². The fraction of sp³-hybridized carbons (Fsp3) is 0.500. The number of benzene rings is 1. The Kier molecular flexibility index (Phi) is 7.14. The molecule has 1 aromatic carbocycles. The molecule has 0 spiro atoms. The van der Waals surface area contributed by atoms with E-state index in [1.54, 1.807) is 64.4 Å². The van der Waals surface area contributed by atoms with Crippen LogP contribution in [0.25, 0.3) is 0 Å². The number of aryl methyl sites for hydroxylation is 3. The molecule has 0 saturated carbocycles. The second-order valence-electron chi connectivity index (χ2n) is 8.09. The van der Waals surface area contributed by atoms with Gasteiger partial charge in [-0.05, 0) is 52.7 Å². The number of nitrogens with zero attached hydrogens (tertiary/aromatic N) is 1. The van der Waals surface area contributed by atoms with Crippen molar-refractivity contribution in [3.05, 3.63) is 41.0 Å². The monoisotopic (exact) mass is 440 g/mol. The van der Waals surface area contributed by atoms with E-state index in [4.69, 9.17) is 9.47 Å². The van der Waals surface area contributed by atoms with Crippen LogP contribution in [0, 0.1) is 20.8 Å². The highest BCUT2D eigenvalue weighted by Crippen LogP contribution is 2.23. The minimum Gasteiger partial charge on any atom is -0.445 e. The zero-order valence-corrected chi connectivity index (χ0v) is 18.8. The van der Waals surface area contributed by atoms with E-state index in [0.717, 1.165) is 5.56 Å². The molecule has 0 bridgehead atoms.